The van der Waals surface area contributed by atoms with Crippen molar-refractivity contribution in [3.63, 3.8) is 0 Å². The largest absolute Gasteiger partial charge is 0.496 e. The number of hydrogen-bond acceptors (Lipinski definition) is 5. The summed E-state index contributed by atoms with van der Waals surface area (Å²) in [5.41, 5.74) is -3.10. The molecular weight excluding hydrogens is 463 g/mol. The molecule has 0 spiro atoms. The maximum Gasteiger partial charge on any atom is 0.418 e. The number of hydrogen-bond donors (Lipinski definition) is 1. The van der Waals surface area contributed by atoms with E-state index in [2.05, 4.69) is 0 Å². The first-order chi connectivity index (χ1) is 16.4. The van der Waals surface area contributed by atoms with Crippen molar-refractivity contribution in [3.8, 4) is 5.75 Å². The Labute approximate surface area is 200 Å². The number of fused-ring (bicyclic) bond motifs is 1. The lowest BCUT2D eigenvalue weighted by Gasteiger charge is -2.39. The minimum Gasteiger partial charge on any atom is -0.496 e. The van der Waals surface area contributed by atoms with Gasteiger partial charge < -0.3 is 23.9 Å². The normalized spacial score (nSPS) is 17.0. The van der Waals surface area contributed by atoms with E-state index >= 15 is 0 Å². The van der Waals surface area contributed by atoms with E-state index in [0.29, 0.717) is 35.6 Å². The number of ether oxygens (including phenoxy) is 3. The summed E-state index contributed by atoms with van der Waals surface area (Å²) < 4.78 is 61.1. The van der Waals surface area contributed by atoms with Crippen LogP contribution in [0.25, 0.3) is 10.9 Å². The van der Waals surface area contributed by atoms with Crippen LogP contribution in [0, 0.1) is 0 Å². The average Bonchev–Trinajstić information content (AvgIpc) is 3.35. The third-order valence-corrected chi connectivity index (χ3v) is 6.43. The fraction of sp³-hybridized carbons (Fsp3) is 0.423. The van der Waals surface area contributed by atoms with Gasteiger partial charge in [-0.1, -0.05) is 32.0 Å². The fourth-order valence-electron chi connectivity index (χ4n) is 4.70. The highest BCUT2D eigenvalue weighted by molar-refractivity contribution is 5.78. The van der Waals surface area contributed by atoms with Crippen molar-refractivity contribution < 1.29 is 32.5 Å². The highest BCUT2D eigenvalue weighted by Crippen LogP contribution is 2.45. The van der Waals surface area contributed by atoms with Crippen LogP contribution in [0.2, 0.25) is 0 Å². The standard InChI is InChI=1S/C26H28F3NO5/c1-24(2,19-14-17(8-9-22(19)33-3)23-34-12-13-35-23)15-25(32,26(27,28)29)16-30-11-10-21(31)18-6-4-5-7-20(18)30/h4-11,14,23,32H,12-13,15-16H2,1-3H3. The highest BCUT2D eigenvalue weighted by atomic mass is 19.4. The van der Waals surface area contributed by atoms with Crippen LogP contribution in [-0.2, 0) is 21.4 Å². The van der Waals surface area contributed by atoms with Crippen molar-refractivity contribution in [2.24, 2.45) is 0 Å². The van der Waals surface area contributed by atoms with Crippen molar-refractivity contribution in [3.05, 3.63) is 76.1 Å². The Morgan fingerprint density at radius 3 is 2.43 bits per heavy atom. The number of benzene rings is 2. The quantitative estimate of drug-likeness (QED) is 0.518. The highest BCUT2D eigenvalue weighted by Gasteiger charge is 2.56. The summed E-state index contributed by atoms with van der Waals surface area (Å²) in [7, 11) is 1.44. The number of methoxy groups -OCH3 is 1. The molecule has 0 amide bonds. The number of halogens is 3. The number of aromatic nitrogens is 1. The zero-order valence-corrected chi connectivity index (χ0v) is 19.8. The van der Waals surface area contributed by atoms with Crippen LogP contribution in [0.3, 0.4) is 0 Å². The second-order valence-corrected chi connectivity index (χ2v) is 9.45. The van der Waals surface area contributed by atoms with Gasteiger partial charge in [-0.2, -0.15) is 13.2 Å². The Balaban J connectivity index is 1.74. The molecule has 0 bridgehead atoms. The second kappa shape index (κ2) is 9.29. The summed E-state index contributed by atoms with van der Waals surface area (Å²) in [6.45, 7) is 3.33. The van der Waals surface area contributed by atoms with Gasteiger partial charge in [-0.05, 0) is 36.1 Å². The number of para-hydroxylation sites is 1. The number of aliphatic hydroxyl groups is 1. The van der Waals surface area contributed by atoms with Crippen LogP contribution in [0.4, 0.5) is 13.2 Å². The number of alkyl halides is 3. The zero-order valence-electron chi connectivity index (χ0n) is 19.8. The zero-order chi connectivity index (χ0) is 25.4. The van der Waals surface area contributed by atoms with Gasteiger partial charge in [-0.15, -0.1) is 0 Å². The van der Waals surface area contributed by atoms with Gasteiger partial charge in [0.1, 0.15) is 5.75 Å². The second-order valence-electron chi connectivity index (χ2n) is 9.45. The third-order valence-electron chi connectivity index (χ3n) is 6.43. The summed E-state index contributed by atoms with van der Waals surface area (Å²) in [5, 5.41) is 11.4. The molecule has 4 rings (SSSR count). The molecule has 1 fully saturated rings. The van der Waals surface area contributed by atoms with E-state index in [1.54, 1.807) is 56.3 Å². The molecule has 3 aromatic rings. The molecule has 9 heteroatoms. The van der Waals surface area contributed by atoms with E-state index in [1.807, 2.05) is 0 Å². The Morgan fingerprint density at radius 2 is 1.77 bits per heavy atom. The first-order valence-electron chi connectivity index (χ1n) is 11.2. The summed E-state index contributed by atoms with van der Waals surface area (Å²) >= 11 is 0. The van der Waals surface area contributed by atoms with Crippen LogP contribution < -0.4 is 10.2 Å². The molecule has 1 saturated heterocycles. The van der Waals surface area contributed by atoms with Gasteiger partial charge >= 0.3 is 6.18 Å². The molecule has 1 unspecified atom stereocenters. The number of pyridine rings is 1. The molecule has 1 aliphatic rings. The lowest BCUT2D eigenvalue weighted by molar-refractivity contribution is -0.271. The molecule has 188 valence electrons. The first kappa shape index (κ1) is 25.2. The van der Waals surface area contributed by atoms with Crippen molar-refractivity contribution in [1.82, 2.24) is 4.57 Å². The SMILES string of the molecule is COc1ccc(C2OCCO2)cc1C(C)(C)CC(O)(Cn1ccc(=O)c2ccccc21)C(F)(F)F. The van der Waals surface area contributed by atoms with Gasteiger partial charge in [0.05, 0.1) is 32.4 Å². The van der Waals surface area contributed by atoms with Crippen LogP contribution in [0.1, 0.15) is 37.7 Å². The lowest BCUT2D eigenvalue weighted by atomic mass is 9.74. The molecule has 0 aliphatic carbocycles. The first-order valence-corrected chi connectivity index (χ1v) is 11.2. The van der Waals surface area contributed by atoms with Gasteiger partial charge in [-0.3, -0.25) is 4.79 Å². The Hall–Kier alpha value is -2.88. The van der Waals surface area contributed by atoms with E-state index in [0.717, 1.165) is 0 Å². The molecule has 2 heterocycles. The van der Waals surface area contributed by atoms with Crippen molar-refractivity contribution in [2.75, 3.05) is 20.3 Å². The van der Waals surface area contributed by atoms with E-state index in [1.165, 1.54) is 23.9 Å². The molecule has 1 aliphatic heterocycles. The average molecular weight is 492 g/mol. The number of rotatable bonds is 7. The van der Waals surface area contributed by atoms with Gasteiger partial charge in [0.25, 0.3) is 0 Å². The molecule has 6 nitrogen and oxygen atoms in total. The molecule has 1 N–H and O–H groups in total. The minimum atomic E-state index is -4.95. The van der Waals surface area contributed by atoms with Crippen molar-refractivity contribution >= 4 is 10.9 Å². The molecule has 0 saturated carbocycles. The smallest absolute Gasteiger partial charge is 0.418 e. The van der Waals surface area contributed by atoms with Gasteiger partial charge in [0, 0.05) is 28.8 Å². The Morgan fingerprint density at radius 1 is 1.09 bits per heavy atom. The third kappa shape index (κ3) is 4.94. The summed E-state index contributed by atoms with van der Waals surface area (Å²) in [4.78, 5) is 12.2. The molecular formula is C26H28F3NO5. The predicted molar refractivity (Wildman–Crippen MR) is 124 cm³/mol. The summed E-state index contributed by atoms with van der Waals surface area (Å²) in [6.07, 6.45) is -4.93. The molecule has 35 heavy (non-hydrogen) atoms. The van der Waals surface area contributed by atoms with Crippen LogP contribution in [0.5, 0.6) is 5.75 Å². The lowest BCUT2D eigenvalue weighted by Crippen LogP contribution is -2.52. The van der Waals surface area contributed by atoms with Gasteiger partial charge in [0.15, 0.2) is 17.3 Å². The minimum absolute atomic E-state index is 0.282. The van der Waals surface area contributed by atoms with E-state index in [-0.39, 0.29) is 10.8 Å². The summed E-state index contributed by atoms with van der Waals surface area (Å²) in [5.74, 6) is 0.398. The molecule has 2 aromatic carbocycles. The molecule has 0 radical (unpaired) electrons. The van der Waals surface area contributed by atoms with Gasteiger partial charge in [-0.25, -0.2) is 0 Å². The van der Waals surface area contributed by atoms with Crippen LogP contribution in [-0.4, -0.2) is 41.8 Å². The van der Waals surface area contributed by atoms with Crippen molar-refractivity contribution in [2.45, 2.75) is 50.3 Å². The van der Waals surface area contributed by atoms with E-state index in [4.69, 9.17) is 14.2 Å². The van der Waals surface area contributed by atoms with E-state index < -0.39 is 36.4 Å². The maximum atomic E-state index is 14.4. The summed E-state index contributed by atoms with van der Waals surface area (Å²) in [6, 6.07) is 12.7. The maximum absolute atomic E-state index is 14.4. The molecule has 1 aromatic heterocycles. The van der Waals surface area contributed by atoms with Crippen molar-refractivity contribution in [1.29, 1.82) is 0 Å². The monoisotopic (exact) mass is 491 g/mol. The Kier molecular flexibility index (Phi) is 6.70. The van der Waals surface area contributed by atoms with Crippen LogP contribution >= 0.6 is 0 Å². The number of nitrogens with zero attached hydrogens (tertiary/aromatic N) is 1. The van der Waals surface area contributed by atoms with Crippen LogP contribution in [0.15, 0.2) is 59.5 Å². The van der Waals surface area contributed by atoms with Gasteiger partial charge in [0.2, 0.25) is 0 Å². The fourth-order valence-corrected chi connectivity index (χ4v) is 4.70. The Bertz CT molecular complexity index is 1260. The molecule has 1 atom stereocenters. The predicted octanol–water partition coefficient (Wildman–Crippen LogP) is 4.72. The topological polar surface area (TPSA) is 69.9 Å². The van der Waals surface area contributed by atoms with E-state index in [9.17, 15) is 23.1 Å².